The minimum Gasteiger partial charge on any atom is -0.326 e. The average Bonchev–Trinajstić information content (AvgIpc) is 2.71. The minimum atomic E-state index is 0.593. The van der Waals surface area contributed by atoms with Crippen molar-refractivity contribution in [3.05, 3.63) is 22.5 Å². The summed E-state index contributed by atoms with van der Waals surface area (Å²) in [6.45, 7) is 0.593. The summed E-state index contributed by atoms with van der Waals surface area (Å²) in [6.07, 6.45) is 1.75. The molecule has 0 radical (unpaired) electrons. The number of nitrogens with two attached hydrogens (primary N) is 1. The Morgan fingerprint density at radius 1 is 1.62 bits per heavy atom. The number of aromatic nitrogens is 3. The van der Waals surface area contributed by atoms with Crippen LogP contribution in [0.15, 0.2) is 17.6 Å². The summed E-state index contributed by atoms with van der Waals surface area (Å²) in [6, 6.07) is 2.07. The van der Waals surface area contributed by atoms with Crippen molar-refractivity contribution in [2.45, 2.75) is 6.54 Å². The maximum absolute atomic E-state index is 5.53. The van der Waals surface area contributed by atoms with E-state index in [2.05, 4.69) is 21.8 Å². The Balaban J connectivity index is 2.41. The Kier molecular flexibility index (Phi) is 2.12. The van der Waals surface area contributed by atoms with E-state index in [9.17, 15) is 0 Å². The second-order valence-corrected chi connectivity index (χ2v) is 3.74. The highest BCUT2D eigenvalue weighted by Crippen LogP contribution is 2.23. The molecule has 0 unspecified atom stereocenters. The molecule has 2 aromatic rings. The molecular weight excluding hydrogens is 184 g/mol. The fourth-order valence-electron chi connectivity index (χ4n) is 1.17. The number of thiophene rings is 1. The van der Waals surface area contributed by atoms with Crippen molar-refractivity contribution >= 4 is 11.3 Å². The summed E-state index contributed by atoms with van der Waals surface area (Å²) in [5.74, 6) is 0. The lowest BCUT2D eigenvalue weighted by Gasteiger charge is -1.94. The summed E-state index contributed by atoms with van der Waals surface area (Å²) < 4.78 is 1.75. The van der Waals surface area contributed by atoms with E-state index in [1.165, 1.54) is 4.88 Å². The van der Waals surface area contributed by atoms with Crippen LogP contribution in [0.5, 0.6) is 0 Å². The fraction of sp³-hybridized carbons (Fsp3) is 0.250. The Bertz CT molecular complexity index is 404. The topological polar surface area (TPSA) is 56.7 Å². The molecule has 4 nitrogen and oxygen atoms in total. The van der Waals surface area contributed by atoms with Crippen molar-refractivity contribution in [2.75, 3.05) is 0 Å². The van der Waals surface area contributed by atoms with Crippen LogP contribution in [0.3, 0.4) is 0 Å². The molecular formula is C8H10N4S. The Hall–Kier alpha value is -1.20. The summed E-state index contributed by atoms with van der Waals surface area (Å²) in [5, 5.41) is 9.76. The van der Waals surface area contributed by atoms with E-state index in [-0.39, 0.29) is 0 Å². The molecule has 2 aromatic heterocycles. The lowest BCUT2D eigenvalue weighted by atomic mass is 10.2. The molecule has 0 bridgehead atoms. The van der Waals surface area contributed by atoms with E-state index in [0.717, 1.165) is 11.3 Å². The normalized spacial score (nSPS) is 10.6. The molecule has 2 heterocycles. The molecule has 13 heavy (non-hydrogen) atoms. The molecule has 5 heteroatoms. The van der Waals surface area contributed by atoms with Gasteiger partial charge in [-0.3, -0.25) is 0 Å². The maximum Gasteiger partial charge on any atom is 0.0890 e. The summed E-state index contributed by atoms with van der Waals surface area (Å²) >= 11 is 1.66. The van der Waals surface area contributed by atoms with Crippen LogP contribution in [0.4, 0.5) is 0 Å². The molecule has 68 valence electrons. The molecule has 0 aromatic carbocycles. The first-order valence-electron chi connectivity index (χ1n) is 3.94. The third-order valence-electron chi connectivity index (χ3n) is 1.87. The van der Waals surface area contributed by atoms with Crippen molar-refractivity contribution in [3.8, 4) is 11.3 Å². The molecule has 0 aliphatic carbocycles. The summed E-state index contributed by atoms with van der Waals surface area (Å²) in [4.78, 5) is 1.18. The highest BCUT2D eigenvalue weighted by molar-refractivity contribution is 7.10. The number of aryl methyl sites for hydroxylation is 1. The van der Waals surface area contributed by atoms with Gasteiger partial charge in [0.05, 0.1) is 11.9 Å². The van der Waals surface area contributed by atoms with Gasteiger partial charge in [0.15, 0.2) is 0 Å². The molecule has 0 saturated heterocycles. The van der Waals surface area contributed by atoms with E-state index in [1.54, 1.807) is 22.2 Å². The van der Waals surface area contributed by atoms with Gasteiger partial charge in [0.1, 0.15) is 0 Å². The molecule has 0 atom stereocenters. The zero-order chi connectivity index (χ0) is 9.26. The van der Waals surface area contributed by atoms with Gasteiger partial charge in [0, 0.05) is 29.4 Å². The summed E-state index contributed by atoms with van der Waals surface area (Å²) in [5.41, 5.74) is 7.69. The van der Waals surface area contributed by atoms with Gasteiger partial charge < -0.3 is 5.73 Å². The minimum absolute atomic E-state index is 0.593. The monoisotopic (exact) mass is 194 g/mol. The van der Waals surface area contributed by atoms with Gasteiger partial charge in [0.2, 0.25) is 0 Å². The van der Waals surface area contributed by atoms with Crippen LogP contribution < -0.4 is 5.73 Å². The van der Waals surface area contributed by atoms with Crippen LogP contribution in [0.2, 0.25) is 0 Å². The molecule has 2 rings (SSSR count). The first kappa shape index (κ1) is 8.40. The molecule has 0 amide bonds. The predicted octanol–water partition coefficient (Wildman–Crippen LogP) is 1.00. The van der Waals surface area contributed by atoms with E-state index in [4.69, 9.17) is 5.73 Å². The van der Waals surface area contributed by atoms with Gasteiger partial charge in [0.25, 0.3) is 0 Å². The highest BCUT2D eigenvalue weighted by Gasteiger charge is 2.05. The predicted molar refractivity (Wildman–Crippen MR) is 52.2 cm³/mol. The van der Waals surface area contributed by atoms with Crippen molar-refractivity contribution in [3.63, 3.8) is 0 Å². The van der Waals surface area contributed by atoms with Crippen LogP contribution in [0, 0.1) is 0 Å². The Labute approximate surface area is 80.0 Å². The molecule has 0 fully saturated rings. The van der Waals surface area contributed by atoms with Crippen LogP contribution in [0.1, 0.15) is 4.88 Å². The Morgan fingerprint density at radius 2 is 2.46 bits per heavy atom. The zero-order valence-corrected chi connectivity index (χ0v) is 8.08. The van der Waals surface area contributed by atoms with Crippen LogP contribution in [-0.2, 0) is 13.6 Å². The number of hydrogen-bond donors (Lipinski definition) is 1. The molecule has 0 aliphatic heterocycles. The van der Waals surface area contributed by atoms with Gasteiger partial charge in [-0.2, -0.15) is 0 Å². The number of hydrogen-bond acceptors (Lipinski definition) is 4. The highest BCUT2D eigenvalue weighted by atomic mass is 32.1. The molecule has 0 aliphatic rings. The maximum atomic E-state index is 5.53. The smallest absolute Gasteiger partial charge is 0.0890 e. The fourth-order valence-corrected chi connectivity index (χ4v) is 1.93. The molecule has 0 spiro atoms. The Morgan fingerprint density at radius 3 is 3.00 bits per heavy atom. The lowest BCUT2D eigenvalue weighted by molar-refractivity contribution is 0.721. The second-order valence-electron chi connectivity index (χ2n) is 2.75. The first-order valence-corrected chi connectivity index (χ1v) is 4.82. The van der Waals surface area contributed by atoms with Gasteiger partial charge in [-0.15, -0.1) is 16.4 Å². The van der Waals surface area contributed by atoms with E-state index in [1.807, 2.05) is 7.05 Å². The van der Waals surface area contributed by atoms with E-state index < -0.39 is 0 Å². The third-order valence-corrected chi connectivity index (χ3v) is 2.82. The SMILES string of the molecule is Cn1nncc1-c1csc(CN)c1. The van der Waals surface area contributed by atoms with Gasteiger partial charge in [-0.05, 0) is 6.07 Å². The summed E-state index contributed by atoms with van der Waals surface area (Å²) in [7, 11) is 1.88. The van der Waals surface area contributed by atoms with Gasteiger partial charge in [-0.1, -0.05) is 5.21 Å². The zero-order valence-electron chi connectivity index (χ0n) is 7.27. The number of nitrogens with zero attached hydrogens (tertiary/aromatic N) is 3. The van der Waals surface area contributed by atoms with Crippen molar-refractivity contribution in [1.82, 2.24) is 15.0 Å². The van der Waals surface area contributed by atoms with Gasteiger partial charge >= 0.3 is 0 Å². The van der Waals surface area contributed by atoms with Crippen molar-refractivity contribution in [1.29, 1.82) is 0 Å². The van der Waals surface area contributed by atoms with E-state index in [0.29, 0.717) is 6.54 Å². The van der Waals surface area contributed by atoms with Gasteiger partial charge in [-0.25, -0.2) is 4.68 Å². The molecule has 2 N–H and O–H groups in total. The third kappa shape index (κ3) is 1.48. The molecule has 0 saturated carbocycles. The van der Waals surface area contributed by atoms with Crippen LogP contribution in [0.25, 0.3) is 11.3 Å². The second kappa shape index (κ2) is 3.27. The first-order chi connectivity index (χ1) is 6.31. The quantitative estimate of drug-likeness (QED) is 0.776. The average molecular weight is 194 g/mol. The van der Waals surface area contributed by atoms with Crippen LogP contribution in [-0.4, -0.2) is 15.0 Å². The largest absolute Gasteiger partial charge is 0.326 e. The van der Waals surface area contributed by atoms with Crippen LogP contribution >= 0.6 is 11.3 Å². The number of rotatable bonds is 2. The van der Waals surface area contributed by atoms with Crippen molar-refractivity contribution in [2.24, 2.45) is 12.8 Å². The van der Waals surface area contributed by atoms with E-state index >= 15 is 0 Å². The lowest BCUT2D eigenvalue weighted by Crippen LogP contribution is -1.93. The standard InChI is InChI=1S/C8H10N4S/c1-12-8(4-10-11-12)6-2-7(3-9)13-5-6/h2,4-5H,3,9H2,1H3. The van der Waals surface area contributed by atoms with Crippen molar-refractivity contribution < 1.29 is 0 Å².